The Kier molecular flexibility index (Phi) is 6.40. The molecule has 2 aliphatic heterocycles. The summed E-state index contributed by atoms with van der Waals surface area (Å²) in [6.07, 6.45) is 9.46. The molecule has 0 bridgehead atoms. The Balaban J connectivity index is 1.58. The summed E-state index contributed by atoms with van der Waals surface area (Å²) in [5.41, 5.74) is 7.99. The van der Waals surface area contributed by atoms with E-state index in [2.05, 4.69) is 54.3 Å². The molecular formula is C23H30N4OS. The first kappa shape index (κ1) is 20.2. The molecule has 2 fully saturated rings. The van der Waals surface area contributed by atoms with Gasteiger partial charge in [-0.3, -0.25) is 0 Å². The highest BCUT2D eigenvalue weighted by molar-refractivity contribution is 8.03. The predicted octanol–water partition coefficient (Wildman–Crippen LogP) is 3.93. The SMILES string of the molecule is C/C(=C/N)SCCC1=NC(N2CCOCC2)=NC2(/C=C/c3ccccc3)CCC12. The molecule has 1 aromatic carbocycles. The van der Waals surface area contributed by atoms with Crippen LogP contribution in [0.3, 0.4) is 0 Å². The highest BCUT2D eigenvalue weighted by atomic mass is 32.2. The molecule has 0 aromatic heterocycles. The van der Waals surface area contributed by atoms with Gasteiger partial charge in [0.2, 0.25) is 5.96 Å². The van der Waals surface area contributed by atoms with Crippen molar-refractivity contribution in [2.24, 2.45) is 21.6 Å². The molecule has 3 aliphatic rings. The second-order valence-corrected chi connectivity index (χ2v) is 9.16. The fourth-order valence-electron chi connectivity index (χ4n) is 4.13. The second-order valence-electron chi connectivity index (χ2n) is 7.82. The van der Waals surface area contributed by atoms with Crippen LogP contribution in [0.15, 0.2) is 57.5 Å². The third kappa shape index (κ3) is 4.59. The van der Waals surface area contributed by atoms with Gasteiger partial charge in [0, 0.05) is 36.7 Å². The van der Waals surface area contributed by atoms with E-state index >= 15 is 0 Å². The van der Waals surface area contributed by atoms with E-state index in [0.717, 1.165) is 62.2 Å². The molecule has 2 N–H and O–H groups in total. The van der Waals surface area contributed by atoms with Crippen LogP contribution >= 0.6 is 11.8 Å². The maximum atomic E-state index is 5.63. The smallest absolute Gasteiger partial charge is 0.221 e. The lowest BCUT2D eigenvalue weighted by molar-refractivity contribution is 0.0664. The summed E-state index contributed by atoms with van der Waals surface area (Å²) in [6, 6.07) is 10.5. The third-order valence-electron chi connectivity index (χ3n) is 5.97. The van der Waals surface area contributed by atoms with E-state index in [4.69, 9.17) is 20.5 Å². The molecule has 4 rings (SSSR count). The largest absolute Gasteiger partial charge is 0.404 e. The molecule has 29 heavy (non-hydrogen) atoms. The van der Waals surface area contributed by atoms with Crippen LogP contribution in [0.1, 0.15) is 31.7 Å². The fourth-order valence-corrected chi connectivity index (χ4v) is 4.86. The van der Waals surface area contributed by atoms with Gasteiger partial charge in [0.15, 0.2) is 0 Å². The molecule has 0 spiro atoms. The molecule has 0 radical (unpaired) electrons. The number of aliphatic imine (C=N–C) groups is 2. The number of hydrogen-bond acceptors (Lipinski definition) is 6. The van der Waals surface area contributed by atoms with E-state index in [1.54, 1.807) is 6.20 Å². The van der Waals surface area contributed by atoms with Crippen LogP contribution in [0.4, 0.5) is 0 Å². The summed E-state index contributed by atoms with van der Waals surface area (Å²) in [4.78, 5) is 13.7. The van der Waals surface area contributed by atoms with Gasteiger partial charge in [0.25, 0.3) is 0 Å². The van der Waals surface area contributed by atoms with Crippen LogP contribution in [0.5, 0.6) is 0 Å². The molecule has 1 saturated carbocycles. The quantitative estimate of drug-likeness (QED) is 0.772. The Morgan fingerprint density at radius 3 is 2.79 bits per heavy atom. The van der Waals surface area contributed by atoms with E-state index in [1.165, 1.54) is 11.3 Å². The number of ether oxygens (including phenoxy) is 1. The highest BCUT2D eigenvalue weighted by Crippen LogP contribution is 2.47. The Morgan fingerprint density at radius 2 is 2.10 bits per heavy atom. The van der Waals surface area contributed by atoms with Gasteiger partial charge in [0.05, 0.1) is 18.8 Å². The summed E-state index contributed by atoms with van der Waals surface area (Å²) < 4.78 is 5.53. The van der Waals surface area contributed by atoms with Gasteiger partial charge in [0.1, 0.15) is 0 Å². The molecule has 154 valence electrons. The monoisotopic (exact) mass is 410 g/mol. The van der Waals surface area contributed by atoms with Crippen molar-refractivity contribution in [3.05, 3.63) is 53.1 Å². The lowest BCUT2D eigenvalue weighted by atomic mass is 9.63. The van der Waals surface area contributed by atoms with Gasteiger partial charge in [-0.2, -0.15) is 0 Å². The van der Waals surface area contributed by atoms with Crippen molar-refractivity contribution in [1.29, 1.82) is 0 Å². The van der Waals surface area contributed by atoms with E-state index in [0.29, 0.717) is 5.92 Å². The normalized spacial score (nSPS) is 27.3. The van der Waals surface area contributed by atoms with E-state index < -0.39 is 0 Å². The van der Waals surface area contributed by atoms with Crippen molar-refractivity contribution in [1.82, 2.24) is 4.90 Å². The second kappa shape index (κ2) is 9.18. The molecular weight excluding hydrogens is 380 g/mol. The van der Waals surface area contributed by atoms with E-state index in [9.17, 15) is 0 Å². The van der Waals surface area contributed by atoms with Gasteiger partial charge >= 0.3 is 0 Å². The maximum absolute atomic E-state index is 5.63. The molecule has 2 unspecified atom stereocenters. The Morgan fingerprint density at radius 1 is 1.31 bits per heavy atom. The van der Waals surface area contributed by atoms with Crippen molar-refractivity contribution >= 4 is 29.5 Å². The minimum absolute atomic E-state index is 0.149. The summed E-state index contributed by atoms with van der Waals surface area (Å²) in [5.74, 6) is 2.31. The summed E-state index contributed by atoms with van der Waals surface area (Å²) in [6.45, 7) is 5.28. The van der Waals surface area contributed by atoms with Crippen LogP contribution in [0.25, 0.3) is 6.08 Å². The third-order valence-corrected chi connectivity index (χ3v) is 6.97. The number of hydrogen-bond donors (Lipinski definition) is 1. The Labute approximate surface area is 177 Å². The highest BCUT2D eigenvalue weighted by Gasteiger charge is 2.50. The number of morpholine rings is 1. The van der Waals surface area contributed by atoms with Gasteiger partial charge in [-0.05, 0) is 36.7 Å². The number of nitrogens with two attached hydrogens (primary N) is 1. The number of nitrogens with zero attached hydrogens (tertiary/aromatic N) is 3. The summed E-state index contributed by atoms with van der Waals surface area (Å²) in [7, 11) is 0. The van der Waals surface area contributed by atoms with Gasteiger partial charge in [-0.25, -0.2) is 9.98 Å². The molecule has 1 aromatic rings. The molecule has 5 nitrogen and oxygen atoms in total. The first-order valence-corrected chi connectivity index (χ1v) is 11.4. The predicted molar refractivity (Wildman–Crippen MR) is 123 cm³/mol. The lowest BCUT2D eigenvalue weighted by Gasteiger charge is -2.48. The van der Waals surface area contributed by atoms with Gasteiger partial charge < -0.3 is 15.4 Å². The zero-order valence-electron chi connectivity index (χ0n) is 17.1. The lowest BCUT2D eigenvalue weighted by Crippen LogP contribution is -2.54. The number of guanidine groups is 1. The number of fused-ring (bicyclic) bond motifs is 1. The van der Waals surface area contributed by atoms with Crippen LogP contribution in [-0.2, 0) is 4.74 Å². The molecule has 6 heteroatoms. The van der Waals surface area contributed by atoms with Crippen molar-refractivity contribution in [2.75, 3.05) is 32.1 Å². The van der Waals surface area contributed by atoms with Crippen molar-refractivity contribution in [2.45, 2.75) is 31.7 Å². The average Bonchev–Trinajstić information content (AvgIpc) is 2.75. The van der Waals surface area contributed by atoms with Crippen molar-refractivity contribution in [3.63, 3.8) is 0 Å². The van der Waals surface area contributed by atoms with Crippen LogP contribution in [0, 0.1) is 5.92 Å². The van der Waals surface area contributed by atoms with E-state index in [1.807, 2.05) is 11.8 Å². The number of allylic oxidation sites excluding steroid dienone is 1. The standard InChI is InChI=1S/C23H30N4OS/c1-18(17-24)29-16-9-21-20-8-11-23(20,10-7-19-5-3-2-4-6-19)26-22(25-21)27-12-14-28-15-13-27/h2-7,10,17,20H,8-9,11-16,24H2,1H3/b10-7+,18-17-. The zero-order chi connectivity index (χ0) is 20.1. The molecule has 0 amide bonds. The first-order valence-electron chi connectivity index (χ1n) is 10.5. The molecule has 2 heterocycles. The van der Waals surface area contributed by atoms with Gasteiger partial charge in [-0.15, -0.1) is 11.8 Å². The maximum Gasteiger partial charge on any atom is 0.221 e. The summed E-state index contributed by atoms with van der Waals surface area (Å²) in [5, 5.41) is 0. The zero-order valence-corrected chi connectivity index (χ0v) is 17.9. The Bertz CT molecular complexity index is 827. The van der Waals surface area contributed by atoms with Crippen LogP contribution in [0.2, 0.25) is 0 Å². The first-order chi connectivity index (χ1) is 14.2. The minimum Gasteiger partial charge on any atom is -0.404 e. The molecule has 1 aliphatic carbocycles. The van der Waals surface area contributed by atoms with Crippen LogP contribution < -0.4 is 5.73 Å². The number of benzene rings is 1. The van der Waals surface area contributed by atoms with Gasteiger partial charge in [-0.1, -0.05) is 42.5 Å². The number of rotatable bonds is 6. The summed E-state index contributed by atoms with van der Waals surface area (Å²) >= 11 is 1.81. The Hall–Kier alpha value is -2.05. The van der Waals surface area contributed by atoms with Crippen LogP contribution in [-0.4, -0.2) is 54.2 Å². The van der Waals surface area contributed by atoms with E-state index in [-0.39, 0.29) is 5.54 Å². The van der Waals surface area contributed by atoms with Crippen molar-refractivity contribution < 1.29 is 4.74 Å². The molecule has 1 saturated heterocycles. The minimum atomic E-state index is -0.149. The average molecular weight is 411 g/mol. The molecule has 2 atom stereocenters. The van der Waals surface area contributed by atoms with Crippen molar-refractivity contribution in [3.8, 4) is 0 Å². The fraction of sp³-hybridized carbons (Fsp3) is 0.478. The number of thioether (sulfide) groups is 1. The topological polar surface area (TPSA) is 63.2 Å².